The van der Waals surface area contributed by atoms with Gasteiger partial charge in [-0.15, -0.1) is 0 Å². The van der Waals surface area contributed by atoms with E-state index in [1.807, 2.05) is 54.6 Å². The minimum Gasteiger partial charge on any atom is -0.375 e. The van der Waals surface area contributed by atoms with Crippen molar-refractivity contribution >= 4 is 17.4 Å². The van der Waals surface area contributed by atoms with Crippen LogP contribution in [0.15, 0.2) is 78.9 Å². The topological polar surface area (TPSA) is 57.6 Å². The van der Waals surface area contributed by atoms with E-state index >= 15 is 0 Å². The maximum absolute atomic E-state index is 13.4. The Morgan fingerprint density at radius 2 is 1.53 bits per heavy atom. The molecule has 3 aromatic rings. The molecule has 0 spiro atoms. The molecule has 4 rings (SSSR count). The van der Waals surface area contributed by atoms with E-state index in [9.17, 15) is 14.7 Å². The molecule has 0 saturated heterocycles. The van der Waals surface area contributed by atoms with Crippen molar-refractivity contribution in [3.8, 4) is 0 Å². The highest BCUT2D eigenvalue weighted by Gasteiger charge is 2.50. The minimum absolute atomic E-state index is 0.234. The summed E-state index contributed by atoms with van der Waals surface area (Å²) in [5, 5.41) is 11.5. The number of aliphatic hydroxyl groups is 1. The van der Waals surface area contributed by atoms with Gasteiger partial charge in [0.05, 0.1) is 12.1 Å². The van der Waals surface area contributed by atoms with Gasteiger partial charge in [0.25, 0.3) is 5.91 Å². The second-order valence-corrected chi connectivity index (χ2v) is 8.47. The highest BCUT2D eigenvalue weighted by molar-refractivity contribution is 6.10. The maximum atomic E-state index is 13.4. The number of anilines is 1. The first-order valence-electron chi connectivity index (χ1n) is 11.3. The molecule has 1 amide bonds. The van der Waals surface area contributed by atoms with Gasteiger partial charge in [0.2, 0.25) is 0 Å². The second-order valence-electron chi connectivity index (χ2n) is 8.47. The van der Waals surface area contributed by atoms with Gasteiger partial charge in [-0.05, 0) is 36.5 Å². The third-order valence-electron chi connectivity index (χ3n) is 6.22. The van der Waals surface area contributed by atoms with Gasteiger partial charge < -0.3 is 10.0 Å². The van der Waals surface area contributed by atoms with Gasteiger partial charge in [0, 0.05) is 17.7 Å². The van der Waals surface area contributed by atoms with Crippen molar-refractivity contribution in [2.24, 2.45) is 0 Å². The molecule has 3 aromatic carbocycles. The van der Waals surface area contributed by atoms with E-state index in [2.05, 4.69) is 6.92 Å². The molecule has 1 unspecified atom stereocenters. The SMILES string of the molecule is CCCCc1ccc(C(=O)CC2(O)C(=O)N(CCc3ccccc3)c3ccccc32)cc1. The summed E-state index contributed by atoms with van der Waals surface area (Å²) in [4.78, 5) is 28.0. The molecule has 0 fully saturated rings. The quantitative estimate of drug-likeness (QED) is 0.485. The summed E-state index contributed by atoms with van der Waals surface area (Å²) in [6.07, 6.45) is 3.62. The molecular weight excluding hydrogens is 398 g/mol. The van der Waals surface area contributed by atoms with Crippen molar-refractivity contribution in [1.82, 2.24) is 0 Å². The molecule has 1 N–H and O–H groups in total. The molecule has 0 radical (unpaired) electrons. The van der Waals surface area contributed by atoms with Crippen LogP contribution >= 0.6 is 0 Å². The predicted octanol–water partition coefficient (Wildman–Crippen LogP) is 5.08. The van der Waals surface area contributed by atoms with Gasteiger partial charge in [0.15, 0.2) is 11.4 Å². The number of para-hydroxylation sites is 1. The van der Waals surface area contributed by atoms with Crippen LogP contribution in [-0.4, -0.2) is 23.3 Å². The van der Waals surface area contributed by atoms with Gasteiger partial charge >= 0.3 is 0 Å². The fraction of sp³-hybridized carbons (Fsp3) is 0.286. The molecule has 0 aromatic heterocycles. The predicted molar refractivity (Wildman–Crippen MR) is 127 cm³/mol. The highest BCUT2D eigenvalue weighted by Crippen LogP contribution is 2.42. The van der Waals surface area contributed by atoms with Crippen LogP contribution in [0.4, 0.5) is 5.69 Å². The first kappa shape index (κ1) is 22.0. The van der Waals surface area contributed by atoms with E-state index in [4.69, 9.17) is 0 Å². The van der Waals surface area contributed by atoms with Gasteiger partial charge in [0.1, 0.15) is 0 Å². The van der Waals surface area contributed by atoms with Crippen molar-refractivity contribution in [3.05, 3.63) is 101 Å². The fourth-order valence-electron chi connectivity index (χ4n) is 4.36. The average molecular weight is 428 g/mol. The molecule has 0 bridgehead atoms. The van der Waals surface area contributed by atoms with E-state index in [-0.39, 0.29) is 12.2 Å². The van der Waals surface area contributed by atoms with Crippen molar-refractivity contribution in [3.63, 3.8) is 0 Å². The van der Waals surface area contributed by atoms with Crippen molar-refractivity contribution in [1.29, 1.82) is 0 Å². The standard InChI is InChI=1S/C28H29NO3/c1-2-3-9-22-14-16-23(17-15-22)26(30)20-28(32)24-12-7-8-13-25(24)29(27(28)31)19-18-21-10-5-4-6-11-21/h4-8,10-17,32H,2-3,9,18-20H2,1H3. The molecule has 1 aliphatic heterocycles. The number of carbonyl (C=O) groups excluding carboxylic acids is 2. The summed E-state index contributed by atoms with van der Waals surface area (Å²) < 4.78 is 0. The van der Waals surface area contributed by atoms with Crippen molar-refractivity contribution < 1.29 is 14.7 Å². The van der Waals surface area contributed by atoms with Crippen LogP contribution in [0, 0.1) is 0 Å². The zero-order valence-corrected chi connectivity index (χ0v) is 18.5. The summed E-state index contributed by atoms with van der Waals surface area (Å²) in [5.74, 6) is -0.662. The number of unbranched alkanes of at least 4 members (excludes halogenated alkanes) is 1. The average Bonchev–Trinajstić information content (AvgIpc) is 3.03. The third kappa shape index (κ3) is 4.37. The molecule has 1 heterocycles. The minimum atomic E-state index is -1.84. The monoisotopic (exact) mass is 427 g/mol. The Kier molecular flexibility index (Phi) is 6.52. The lowest BCUT2D eigenvalue weighted by molar-refractivity contribution is -0.135. The van der Waals surface area contributed by atoms with E-state index in [1.54, 1.807) is 29.2 Å². The molecular formula is C28H29NO3. The smallest absolute Gasteiger partial charge is 0.264 e. The molecule has 1 atom stereocenters. The first-order chi connectivity index (χ1) is 15.5. The fourth-order valence-corrected chi connectivity index (χ4v) is 4.36. The van der Waals surface area contributed by atoms with E-state index in [0.717, 1.165) is 24.8 Å². The summed E-state index contributed by atoms with van der Waals surface area (Å²) in [5.41, 5.74) is 2.17. The number of aryl methyl sites for hydroxylation is 1. The van der Waals surface area contributed by atoms with Crippen LogP contribution < -0.4 is 4.90 Å². The number of carbonyl (C=O) groups is 2. The zero-order valence-electron chi connectivity index (χ0n) is 18.5. The summed E-state index contributed by atoms with van der Waals surface area (Å²) in [7, 11) is 0. The van der Waals surface area contributed by atoms with Crippen molar-refractivity contribution in [2.45, 2.75) is 44.6 Å². The highest BCUT2D eigenvalue weighted by atomic mass is 16.3. The van der Waals surface area contributed by atoms with Crippen molar-refractivity contribution in [2.75, 3.05) is 11.4 Å². The summed E-state index contributed by atoms with van der Waals surface area (Å²) in [6.45, 7) is 2.60. The van der Waals surface area contributed by atoms with E-state index in [1.165, 1.54) is 5.56 Å². The molecule has 164 valence electrons. The lowest BCUT2D eigenvalue weighted by atomic mass is 9.88. The van der Waals surface area contributed by atoms with Crippen LogP contribution in [0.5, 0.6) is 0 Å². The number of benzene rings is 3. The molecule has 0 aliphatic carbocycles. The largest absolute Gasteiger partial charge is 0.375 e. The number of nitrogens with zero attached hydrogens (tertiary/aromatic N) is 1. The molecule has 0 saturated carbocycles. The Bertz CT molecular complexity index is 1090. The number of fused-ring (bicyclic) bond motifs is 1. The number of Topliss-reactive ketones (excluding diaryl/α,β-unsaturated/α-hetero) is 1. The van der Waals surface area contributed by atoms with Crippen LogP contribution in [0.25, 0.3) is 0 Å². The zero-order chi connectivity index (χ0) is 22.6. The number of ketones is 1. The first-order valence-corrected chi connectivity index (χ1v) is 11.3. The van der Waals surface area contributed by atoms with Gasteiger partial charge in [-0.25, -0.2) is 0 Å². The normalized spacial score (nSPS) is 17.4. The summed E-state index contributed by atoms with van der Waals surface area (Å²) in [6, 6.07) is 24.7. The Morgan fingerprint density at radius 3 is 2.25 bits per heavy atom. The van der Waals surface area contributed by atoms with Crippen LogP contribution in [0.1, 0.15) is 53.2 Å². The van der Waals surface area contributed by atoms with Gasteiger partial charge in [-0.3, -0.25) is 9.59 Å². The van der Waals surface area contributed by atoms with Gasteiger partial charge in [-0.2, -0.15) is 0 Å². The van der Waals surface area contributed by atoms with Crippen LogP contribution in [-0.2, 0) is 23.2 Å². The summed E-state index contributed by atoms with van der Waals surface area (Å²) >= 11 is 0. The lowest BCUT2D eigenvalue weighted by Gasteiger charge is -2.23. The Morgan fingerprint density at radius 1 is 0.875 bits per heavy atom. The van der Waals surface area contributed by atoms with Crippen LogP contribution in [0.2, 0.25) is 0 Å². The third-order valence-corrected chi connectivity index (χ3v) is 6.22. The van der Waals surface area contributed by atoms with E-state index < -0.39 is 11.5 Å². The lowest BCUT2D eigenvalue weighted by Crippen LogP contribution is -2.42. The molecule has 1 aliphatic rings. The molecule has 4 heteroatoms. The molecule has 32 heavy (non-hydrogen) atoms. The number of hydrogen-bond donors (Lipinski definition) is 1. The van der Waals surface area contributed by atoms with Gasteiger partial charge in [-0.1, -0.05) is 86.1 Å². The van der Waals surface area contributed by atoms with Crippen LogP contribution in [0.3, 0.4) is 0 Å². The molecule has 4 nitrogen and oxygen atoms in total. The Labute approximate surface area is 189 Å². The number of amides is 1. The second kappa shape index (κ2) is 9.49. The Balaban J connectivity index is 1.53. The number of hydrogen-bond acceptors (Lipinski definition) is 3. The number of rotatable bonds is 9. The maximum Gasteiger partial charge on any atom is 0.264 e. The van der Waals surface area contributed by atoms with E-state index in [0.29, 0.717) is 29.8 Å². The Hall–Kier alpha value is -3.24.